The van der Waals surface area contributed by atoms with Gasteiger partial charge in [0, 0.05) is 18.3 Å². The highest BCUT2D eigenvalue weighted by Gasteiger charge is 2.23. The van der Waals surface area contributed by atoms with Gasteiger partial charge in [-0.3, -0.25) is 0 Å². The first kappa shape index (κ1) is 14.3. The van der Waals surface area contributed by atoms with E-state index in [4.69, 9.17) is 5.73 Å². The number of aliphatic hydroxyl groups is 1. The van der Waals surface area contributed by atoms with Crippen molar-refractivity contribution in [2.75, 3.05) is 18.1 Å². The second kappa shape index (κ2) is 6.35. The maximum absolute atomic E-state index is 13.4. The van der Waals surface area contributed by atoms with Crippen molar-refractivity contribution in [3.05, 3.63) is 29.6 Å². The van der Waals surface area contributed by atoms with Crippen LogP contribution in [0.4, 0.5) is 10.1 Å². The Bertz CT molecular complexity index is 423. The molecule has 1 aromatic carbocycles. The van der Waals surface area contributed by atoms with Crippen LogP contribution in [-0.2, 0) is 0 Å². The molecule has 0 amide bonds. The van der Waals surface area contributed by atoms with Gasteiger partial charge in [-0.2, -0.15) is 0 Å². The third-order valence-electron chi connectivity index (χ3n) is 3.88. The third kappa shape index (κ3) is 3.25. The Morgan fingerprint density at radius 1 is 1.42 bits per heavy atom. The van der Waals surface area contributed by atoms with E-state index in [-0.39, 0.29) is 24.5 Å². The molecule has 3 nitrogen and oxygen atoms in total. The summed E-state index contributed by atoms with van der Waals surface area (Å²) in [5.41, 5.74) is 7.75. The van der Waals surface area contributed by atoms with E-state index in [1.54, 1.807) is 6.07 Å². The summed E-state index contributed by atoms with van der Waals surface area (Å²) >= 11 is 0. The van der Waals surface area contributed by atoms with Crippen molar-refractivity contribution in [2.45, 2.75) is 44.7 Å². The second-order valence-electron chi connectivity index (χ2n) is 5.37. The Morgan fingerprint density at radius 2 is 2.21 bits per heavy atom. The van der Waals surface area contributed by atoms with E-state index in [9.17, 15) is 9.50 Å². The van der Waals surface area contributed by atoms with Crippen molar-refractivity contribution < 1.29 is 9.50 Å². The van der Waals surface area contributed by atoms with Gasteiger partial charge in [-0.05, 0) is 43.5 Å². The lowest BCUT2D eigenvalue weighted by molar-refractivity contribution is 0.255. The van der Waals surface area contributed by atoms with Crippen LogP contribution in [0.5, 0.6) is 0 Å². The van der Waals surface area contributed by atoms with Crippen LogP contribution in [0.15, 0.2) is 18.2 Å². The molecule has 2 atom stereocenters. The number of anilines is 1. The molecular formula is C15H23FN2O. The van der Waals surface area contributed by atoms with Gasteiger partial charge < -0.3 is 15.7 Å². The summed E-state index contributed by atoms with van der Waals surface area (Å²) in [5.74, 6) is -0.258. The molecule has 1 aliphatic rings. The quantitative estimate of drug-likeness (QED) is 0.884. The zero-order chi connectivity index (χ0) is 13.8. The minimum atomic E-state index is -0.258. The minimum Gasteiger partial charge on any atom is -0.394 e. The van der Waals surface area contributed by atoms with E-state index in [1.165, 1.54) is 18.6 Å². The summed E-state index contributed by atoms with van der Waals surface area (Å²) in [5, 5.41) is 9.58. The van der Waals surface area contributed by atoms with Crippen molar-refractivity contribution in [1.29, 1.82) is 0 Å². The Labute approximate surface area is 114 Å². The van der Waals surface area contributed by atoms with Crippen LogP contribution in [0.3, 0.4) is 0 Å². The molecule has 2 rings (SSSR count). The topological polar surface area (TPSA) is 49.5 Å². The summed E-state index contributed by atoms with van der Waals surface area (Å²) in [7, 11) is 0. The molecule has 19 heavy (non-hydrogen) atoms. The number of hydrogen-bond donors (Lipinski definition) is 2. The Morgan fingerprint density at radius 3 is 2.89 bits per heavy atom. The number of nitrogens with two attached hydrogens (primary N) is 1. The molecule has 1 heterocycles. The van der Waals surface area contributed by atoms with E-state index in [1.807, 2.05) is 6.92 Å². The van der Waals surface area contributed by atoms with Gasteiger partial charge in [0.05, 0.1) is 12.6 Å². The molecule has 0 aliphatic carbocycles. The van der Waals surface area contributed by atoms with Crippen molar-refractivity contribution >= 4 is 5.69 Å². The number of aliphatic hydroxyl groups excluding tert-OH is 1. The predicted molar refractivity (Wildman–Crippen MR) is 75.7 cm³/mol. The lowest BCUT2D eigenvalue weighted by Crippen LogP contribution is -2.38. The zero-order valence-electron chi connectivity index (χ0n) is 11.5. The van der Waals surface area contributed by atoms with E-state index in [2.05, 4.69) is 4.90 Å². The monoisotopic (exact) mass is 266 g/mol. The number of hydrogen-bond acceptors (Lipinski definition) is 3. The molecule has 1 fully saturated rings. The molecule has 106 valence electrons. The van der Waals surface area contributed by atoms with E-state index in [0.717, 1.165) is 37.1 Å². The second-order valence-corrected chi connectivity index (χ2v) is 5.37. The highest BCUT2D eigenvalue weighted by Crippen LogP contribution is 2.30. The van der Waals surface area contributed by atoms with Gasteiger partial charge in [0.15, 0.2) is 0 Å². The molecule has 2 unspecified atom stereocenters. The summed E-state index contributed by atoms with van der Waals surface area (Å²) < 4.78 is 13.4. The summed E-state index contributed by atoms with van der Waals surface area (Å²) in [6, 6.07) is 4.68. The summed E-state index contributed by atoms with van der Waals surface area (Å²) in [6.07, 6.45) is 4.40. The molecule has 3 N–H and O–H groups in total. The highest BCUT2D eigenvalue weighted by molar-refractivity contribution is 5.56. The Balaban J connectivity index is 2.37. The van der Waals surface area contributed by atoms with Crippen LogP contribution in [0.1, 0.15) is 44.2 Å². The molecular weight excluding hydrogens is 243 g/mol. The fraction of sp³-hybridized carbons (Fsp3) is 0.600. The van der Waals surface area contributed by atoms with Crippen molar-refractivity contribution in [3.8, 4) is 0 Å². The summed E-state index contributed by atoms with van der Waals surface area (Å²) in [6.45, 7) is 2.90. The Kier molecular flexibility index (Phi) is 4.77. The van der Waals surface area contributed by atoms with Crippen molar-refractivity contribution in [1.82, 2.24) is 0 Å². The highest BCUT2D eigenvalue weighted by atomic mass is 19.1. The fourth-order valence-electron chi connectivity index (χ4n) is 2.84. The van der Waals surface area contributed by atoms with Gasteiger partial charge >= 0.3 is 0 Å². The maximum Gasteiger partial charge on any atom is 0.123 e. The average Bonchev–Trinajstić information content (AvgIpc) is 2.63. The molecule has 0 bridgehead atoms. The van der Waals surface area contributed by atoms with Gasteiger partial charge in [0.25, 0.3) is 0 Å². The van der Waals surface area contributed by atoms with E-state index < -0.39 is 0 Å². The zero-order valence-corrected chi connectivity index (χ0v) is 11.5. The Hall–Kier alpha value is -1.13. The molecule has 1 aliphatic heterocycles. The van der Waals surface area contributed by atoms with Crippen LogP contribution >= 0.6 is 0 Å². The molecule has 4 heteroatoms. The molecule has 0 spiro atoms. The van der Waals surface area contributed by atoms with Crippen LogP contribution in [0.2, 0.25) is 0 Å². The number of benzene rings is 1. The molecule has 1 aromatic rings. The van der Waals surface area contributed by atoms with Crippen LogP contribution in [-0.4, -0.2) is 24.3 Å². The first-order valence-corrected chi connectivity index (χ1v) is 7.06. The average molecular weight is 266 g/mol. The minimum absolute atomic E-state index is 0.116. The largest absolute Gasteiger partial charge is 0.394 e. The van der Waals surface area contributed by atoms with Gasteiger partial charge in [0.1, 0.15) is 5.82 Å². The number of halogens is 1. The van der Waals surface area contributed by atoms with Gasteiger partial charge in [-0.15, -0.1) is 0 Å². The smallest absolute Gasteiger partial charge is 0.123 e. The maximum atomic E-state index is 13.4. The van der Waals surface area contributed by atoms with Gasteiger partial charge in [-0.1, -0.05) is 12.8 Å². The van der Waals surface area contributed by atoms with Crippen LogP contribution < -0.4 is 10.6 Å². The lowest BCUT2D eigenvalue weighted by atomic mass is 10.0. The third-order valence-corrected chi connectivity index (χ3v) is 3.88. The number of rotatable bonds is 3. The molecule has 0 saturated carbocycles. The number of nitrogens with zero attached hydrogens (tertiary/aromatic N) is 1. The predicted octanol–water partition coefficient (Wildman–Crippen LogP) is 2.59. The normalized spacial score (nSPS) is 22.1. The van der Waals surface area contributed by atoms with Crippen LogP contribution in [0, 0.1) is 5.82 Å². The molecule has 0 radical (unpaired) electrons. The standard InChI is InChI=1S/C15H23FN2O/c1-11(17)14-9-12(16)6-7-15(14)18-8-4-2-3-5-13(18)10-19/h6-7,9,11,13,19H,2-5,8,10,17H2,1H3. The fourth-order valence-corrected chi connectivity index (χ4v) is 2.84. The van der Waals surface area contributed by atoms with Gasteiger partial charge in [-0.25, -0.2) is 4.39 Å². The van der Waals surface area contributed by atoms with Gasteiger partial charge in [0.2, 0.25) is 0 Å². The summed E-state index contributed by atoms with van der Waals surface area (Å²) in [4.78, 5) is 2.20. The SMILES string of the molecule is CC(N)c1cc(F)ccc1N1CCCCCC1CO. The van der Waals surface area contributed by atoms with Crippen molar-refractivity contribution in [3.63, 3.8) is 0 Å². The molecule has 0 aromatic heterocycles. The first-order chi connectivity index (χ1) is 9.13. The first-order valence-electron chi connectivity index (χ1n) is 7.06. The van der Waals surface area contributed by atoms with Crippen LogP contribution in [0.25, 0.3) is 0 Å². The lowest BCUT2D eigenvalue weighted by Gasteiger charge is -2.33. The van der Waals surface area contributed by atoms with E-state index in [0.29, 0.717) is 0 Å². The van der Waals surface area contributed by atoms with E-state index >= 15 is 0 Å². The molecule has 1 saturated heterocycles. The van der Waals surface area contributed by atoms with Crippen molar-refractivity contribution in [2.24, 2.45) is 5.73 Å².